The first-order chi connectivity index (χ1) is 12.6. The summed E-state index contributed by atoms with van der Waals surface area (Å²) in [7, 11) is 1.30. The number of esters is 1. The molecule has 0 atom stereocenters. The van der Waals surface area contributed by atoms with Crippen molar-refractivity contribution in [1.82, 2.24) is 4.90 Å². The van der Waals surface area contributed by atoms with E-state index in [1.165, 1.54) is 37.0 Å². The molecule has 1 N–H and O–H groups in total. The number of nitrogens with one attached hydrogen (secondary N) is 1. The number of anilines is 1. The molecule has 26 heavy (non-hydrogen) atoms. The van der Waals surface area contributed by atoms with Gasteiger partial charge in [-0.05, 0) is 43.6 Å². The van der Waals surface area contributed by atoms with Crippen LogP contribution in [0.15, 0.2) is 29.6 Å². The minimum Gasteiger partial charge on any atom is -0.465 e. The largest absolute Gasteiger partial charge is 0.465 e. The maximum absolute atomic E-state index is 13.2. The third-order valence-corrected chi connectivity index (χ3v) is 5.30. The van der Waals surface area contributed by atoms with E-state index >= 15 is 0 Å². The lowest BCUT2D eigenvalue weighted by Crippen LogP contribution is -2.36. The number of carbonyl (C=O) groups excluding carboxylic acids is 2. The van der Waals surface area contributed by atoms with E-state index in [1.54, 1.807) is 17.5 Å². The third-order valence-electron chi connectivity index (χ3n) is 4.40. The molecule has 1 aromatic carbocycles. The summed E-state index contributed by atoms with van der Waals surface area (Å²) in [5.41, 5.74) is 1.62. The second-order valence-electron chi connectivity index (χ2n) is 6.24. The molecular weight excluding hydrogens is 355 g/mol. The van der Waals surface area contributed by atoms with E-state index in [1.807, 2.05) is 0 Å². The molecule has 0 unspecified atom stereocenters. The van der Waals surface area contributed by atoms with Gasteiger partial charge in [0.2, 0.25) is 5.91 Å². The maximum atomic E-state index is 13.2. The maximum Gasteiger partial charge on any atom is 0.341 e. The molecular formula is C19H21FN2O3S. The average molecular weight is 376 g/mol. The monoisotopic (exact) mass is 376 g/mol. The predicted molar refractivity (Wildman–Crippen MR) is 100.0 cm³/mol. The fourth-order valence-electron chi connectivity index (χ4n) is 3.08. The van der Waals surface area contributed by atoms with Crippen molar-refractivity contribution in [3.8, 4) is 11.1 Å². The van der Waals surface area contributed by atoms with Crippen LogP contribution in [0.2, 0.25) is 0 Å². The summed E-state index contributed by atoms with van der Waals surface area (Å²) in [4.78, 5) is 26.8. The van der Waals surface area contributed by atoms with E-state index in [-0.39, 0.29) is 11.7 Å². The Hall–Kier alpha value is -2.25. The number of amides is 1. The zero-order valence-corrected chi connectivity index (χ0v) is 15.4. The first-order valence-corrected chi connectivity index (χ1v) is 9.44. The predicted octanol–water partition coefficient (Wildman–Crippen LogP) is 3.77. The number of benzene rings is 1. The highest BCUT2D eigenvalue weighted by atomic mass is 32.1. The van der Waals surface area contributed by atoms with Gasteiger partial charge in [0.05, 0.1) is 13.7 Å². The fraction of sp³-hybridized carbons (Fsp3) is 0.368. The van der Waals surface area contributed by atoms with Gasteiger partial charge in [0, 0.05) is 10.9 Å². The van der Waals surface area contributed by atoms with Gasteiger partial charge in [-0.3, -0.25) is 9.69 Å². The number of hydrogen-bond acceptors (Lipinski definition) is 5. The van der Waals surface area contributed by atoms with Gasteiger partial charge >= 0.3 is 5.97 Å². The Kier molecular flexibility index (Phi) is 6.00. The van der Waals surface area contributed by atoms with E-state index in [2.05, 4.69) is 10.2 Å². The minimum absolute atomic E-state index is 0.149. The number of hydrogen-bond donors (Lipinski definition) is 1. The van der Waals surface area contributed by atoms with Crippen molar-refractivity contribution in [2.24, 2.45) is 0 Å². The molecule has 0 bridgehead atoms. The van der Waals surface area contributed by atoms with Crippen LogP contribution in [0, 0.1) is 5.82 Å². The molecule has 0 radical (unpaired) electrons. The number of carbonyl (C=O) groups is 2. The van der Waals surface area contributed by atoms with E-state index in [0.29, 0.717) is 28.2 Å². The molecule has 1 aliphatic heterocycles. The third kappa shape index (κ3) is 4.28. The SMILES string of the molecule is COC(=O)c1c(-c2ccc(F)cc2)csc1NC(=O)CN1CCCCC1. The van der Waals surface area contributed by atoms with Gasteiger partial charge in [0.15, 0.2) is 0 Å². The summed E-state index contributed by atoms with van der Waals surface area (Å²) < 4.78 is 18.1. The van der Waals surface area contributed by atoms with Crippen molar-refractivity contribution >= 4 is 28.2 Å². The number of rotatable bonds is 5. The highest BCUT2D eigenvalue weighted by Crippen LogP contribution is 2.36. The molecule has 5 nitrogen and oxygen atoms in total. The van der Waals surface area contributed by atoms with Gasteiger partial charge in [-0.1, -0.05) is 18.6 Å². The van der Waals surface area contributed by atoms with E-state index in [9.17, 15) is 14.0 Å². The van der Waals surface area contributed by atoms with Crippen molar-refractivity contribution in [3.05, 3.63) is 41.0 Å². The lowest BCUT2D eigenvalue weighted by molar-refractivity contribution is -0.117. The molecule has 0 aliphatic carbocycles. The number of piperidine rings is 1. The van der Waals surface area contributed by atoms with Crippen LogP contribution in [0.4, 0.5) is 9.39 Å². The molecule has 1 amide bonds. The Labute approximate surface area is 155 Å². The Morgan fingerprint density at radius 1 is 1.19 bits per heavy atom. The number of ether oxygens (including phenoxy) is 1. The Bertz CT molecular complexity index is 783. The fourth-order valence-corrected chi connectivity index (χ4v) is 4.06. The summed E-state index contributed by atoms with van der Waals surface area (Å²) in [6.07, 6.45) is 3.42. The van der Waals surface area contributed by atoms with Gasteiger partial charge in [0.25, 0.3) is 0 Å². The molecule has 1 fully saturated rings. The Balaban J connectivity index is 1.81. The van der Waals surface area contributed by atoms with Crippen LogP contribution >= 0.6 is 11.3 Å². The van der Waals surface area contributed by atoms with Gasteiger partial charge in [-0.25, -0.2) is 9.18 Å². The molecule has 1 aliphatic rings. The van der Waals surface area contributed by atoms with Crippen LogP contribution in [-0.4, -0.2) is 43.5 Å². The summed E-state index contributed by atoms with van der Waals surface area (Å²) >= 11 is 1.26. The lowest BCUT2D eigenvalue weighted by atomic mass is 10.0. The highest BCUT2D eigenvalue weighted by Gasteiger charge is 2.23. The van der Waals surface area contributed by atoms with Crippen molar-refractivity contribution in [3.63, 3.8) is 0 Å². The minimum atomic E-state index is -0.529. The second-order valence-corrected chi connectivity index (χ2v) is 7.12. The van der Waals surface area contributed by atoms with Crippen LogP contribution in [0.1, 0.15) is 29.6 Å². The van der Waals surface area contributed by atoms with Crippen LogP contribution in [0.3, 0.4) is 0 Å². The zero-order chi connectivity index (χ0) is 18.5. The standard InChI is InChI=1S/C19H21FN2O3S/c1-25-19(24)17-15(13-5-7-14(20)8-6-13)12-26-18(17)21-16(23)11-22-9-3-2-4-10-22/h5-8,12H,2-4,9-11H2,1H3,(H,21,23). The second kappa shape index (κ2) is 8.42. The smallest absolute Gasteiger partial charge is 0.341 e. The molecule has 0 spiro atoms. The summed E-state index contributed by atoms with van der Waals surface area (Å²) in [5.74, 6) is -1.03. The van der Waals surface area contributed by atoms with Gasteiger partial charge in [-0.15, -0.1) is 11.3 Å². The number of methoxy groups -OCH3 is 1. The van der Waals surface area contributed by atoms with Crippen LogP contribution < -0.4 is 5.32 Å². The number of thiophene rings is 1. The quantitative estimate of drug-likeness (QED) is 0.807. The average Bonchev–Trinajstić information content (AvgIpc) is 3.06. The summed E-state index contributed by atoms with van der Waals surface area (Å²) in [6, 6.07) is 5.87. The highest BCUT2D eigenvalue weighted by molar-refractivity contribution is 7.15. The topological polar surface area (TPSA) is 58.6 Å². The van der Waals surface area contributed by atoms with Crippen molar-refractivity contribution in [1.29, 1.82) is 0 Å². The van der Waals surface area contributed by atoms with Crippen LogP contribution in [0.25, 0.3) is 11.1 Å². The van der Waals surface area contributed by atoms with Crippen LogP contribution in [-0.2, 0) is 9.53 Å². The van der Waals surface area contributed by atoms with E-state index in [0.717, 1.165) is 25.9 Å². The molecule has 0 saturated carbocycles. The van der Waals surface area contributed by atoms with E-state index in [4.69, 9.17) is 4.74 Å². The van der Waals surface area contributed by atoms with E-state index < -0.39 is 5.97 Å². The molecule has 138 valence electrons. The molecule has 2 aromatic rings. The van der Waals surface area contributed by atoms with Crippen molar-refractivity contribution in [2.75, 3.05) is 32.1 Å². The first-order valence-electron chi connectivity index (χ1n) is 8.56. The van der Waals surface area contributed by atoms with Crippen LogP contribution in [0.5, 0.6) is 0 Å². The summed E-state index contributed by atoms with van der Waals surface area (Å²) in [6.45, 7) is 2.15. The number of nitrogens with zero attached hydrogens (tertiary/aromatic N) is 1. The van der Waals surface area contributed by atoms with Crippen molar-refractivity contribution in [2.45, 2.75) is 19.3 Å². The van der Waals surface area contributed by atoms with Gasteiger partial charge in [-0.2, -0.15) is 0 Å². The van der Waals surface area contributed by atoms with Gasteiger partial charge in [0.1, 0.15) is 16.4 Å². The number of halogens is 1. The first kappa shape index (κ1) is 18.5. The molecule has 1 aromatic heterocycles. The molecule has 3 rings (SSSR count). The Morgan fingerprint density at radius 2 is 1.88 bits per heavy atom. The molecule has 2 heterocycles. The normalized spacial score (nSPS) is 14.8. The molecule has 1 saturated heterocycles. The Morgan fingerprint density at radius 3 is 2.54 bits per heavy atom. The zero-order valence-electron chi connectivity index (χ0n) is 14.6. The molecule has 7 heteroatoms. The van der Waals surface area contributed by atoms with Crippen molar-refractivity contribution < 1.29 is 18.7 Å². The summed E-state index contributed by atoms with van der Waals surface area (Å²) in [5, 5.41) is 5.07. The number of likely N-dealkylation sites (tertiary alicyclic amines) is 1. The lowest BCUT2D eigenvalue weighted by Gasteiger charge is -2.25. The van der Waals surface area contributed by atoms with Gasteiger partial charge < -0.3 is 10.1 Å².